The topological polar surface area (TPSA) is 24.5 Å². The van der Waals surface area contributed by atoms with E-state index in [0.29, 0.717) is 18.2 Å². The van der Waals surface area contributed by atoms with Crippen molar-refractivity contribution >= 4 is 0 Å². The molecule has 2 saturated heterocycles. The fraction of sp³-hybridized carbons (Fsp3) is 1.00. The minimum atomic E-state index is 0.234. The van der Waals surface area contributed by atoms with Gasteiger partial charge in [-0.25, -0.2) is 0 Å². The van der Waals surface area contributed by atoms with Crippen molar-refractivity contribution in [2.75, 3.05) is 19.7 Å². The van der Waals surface area contributed by atoms with Crippen molar-refractivity contribution < 1.29 is 4.74 Å². The van der Waals surface area contributed by atoms with Gasteiger partial charge in [-0.2, -0.15) is 0 Å². The van der Waals surface area contributed by atoms with E-state index in [0.717, 1.165) is 19.1 Å². The summed E-state index contributed by atoms with van der Waals surface area (Å²) in [4.78, 5) is 2.76. The third-order valence-electron chi connectivity index (χ3n) is 5.24. The van der Waals surface area contributed by atoms with Gasteiger partial charge in [-0.05, 0) is 39.0 Å². The van der Waals surface area contributed by atoms with E-state index >= 15 is 0 Å². The molecule has 0 radical (unpaired) electrons. The first-order valence-electron chi connectivity index (χ1n) is 8.09. The van der Waals surface area contributed by atoms with Gasteiger partial charge in [0.2, 0.25) is 0 Å². The molecular weight excluding hydrogens is 236 g/mol. The molecule has 1 N–H and O–H groups in total. The Kier molecular flexibility index (Phi) is 4.91. The molecule has 19 heavy (non-hydrogen) atoms. The monoisotopic (exact) mass is 268 g/mol. The first-order chi connectivity index (χ1) is 8.97. The molecule has 4 unspecified atom stereocenters. The van der Waals surface area contributed by atoms with Gasteiger partial charge in [0.05, 0.1) is 6.10 Å². The maximum atomic E-state index is 5.87. The van der Waals surface area contributed by atoms with Gasteiger partial charge < -0.3 is 10.1 Å². The predicted octanol–water partition coefficient (Wildman–Crippen LogP) is 2.65. The Morgan fingerprint density at radius 2 is 2.16 bits per heavy atom. The first-order valence-corrected chi connectivity index (χ1v) is 8.09. The summed E-state index contributed by atoms with van der Waals surface area (Å²) in [6.07, 6.45) is 4.04. The Morgan fingerprint density at radius 1 is 1.42 bits per heavy atom. The highest BCUT2D eigenvalue weighted by molar-refractivity contribution is 5.01. The number of hydrogen-bond donors (Lipinski definition) is 1. The number of hydrogen-bond acceptors (Lipinski definition) is 3. The fourth-order valence-corrected chi connectivity index (χ4v) is 3.78. The van der Waals surface area contributed by atoms with E-state index in [-0.39, 0.29) is 5.54 Å². The van der Waals surface area contributed by atoms with Crippen LogP contribution in [0.5, 0.6) is 0 Å². The van der Waals surface area contributed by atoms with Crippen LogP contribution in [0.3, 0.4) is 0 Å². The minimum absolute atomic E-state index is 0.234. The largest absolute Gasteiger partial charge is 0.377 e. The van der Waals surface area contributed by atoms with E-state index in [1.807, 2.05) is 0 Å². The number of piperazine rings is 1. The Bertz CT molecular complexity index is 294. The molecule has 3 heteroatoms. The van der Waals surface area contributed by atoms with Crippen molar-refractivity contribution in [3.63, 3.8) is 0 Å². The Balaban J connectivity index is 2.09. The number of nitrogens with one attached hydrogen (secondary N) is 1. The zero-order valence-corrected chi connectivity index (χ0v) is 13.4. The fourth-order valence-electron chi connectivity index (χ4n) is 3.78. The summed E-state index contributed by atoms with van der Waals surface area (Å²) in [7, 11) is 0. The zero-order valence-electron chi connectivity index (χ0n) is 13.4. The molecule has 112 valence electrons. The van der Waals surface area contributed by atoms with Gasteiger partial charge in [0.1, 0.15) is 0 Å². The molecule has 0 spiro atoms. The highest BCUT2D eigenvalue weighted by Crippen LogP contribution is 2.35. The quantitative estimate of drug-likeness (QED) is 0.848. The first kappa shape index (κ1) is 15.3. The number of rotatable bonds is 4. The second kappa shape index (κ2) is 6.11. The molecule has 2 aliphatic rings. The third kappa shape index (κ3) is 3.14. The van der Waals surface area contributed by atoms with Crippen LogP contribution in [0.2, 0.25) is 0 Å². The molecule has 0 saturated carbocycles. The molecule has 0 amide bonds. The number of ether oxygens (including phenoxy) is 1. The Hall–Kier alpha value is -0.120. The summed E-state index contributed by atoms with van der Waals surface area (Å²) in [6.45, 7) is 14.8. The lowest BCUT2D eigenvalue weighted by Crippen LogP contribution is -2.65. The van der Waals surface area contributed by atoms with Crippen LogP contribution < -0.4 is 5.32 Å². The molecule has 2 heterocycles. The predicted molar refractivity (Wildman–Crippen MR) is 80.5 cm³/mol. The Morgan fingerprint density at radius 3 is 2.68 bits per heavy atom. The molecule has 0 aromatic carbocycles. The summed E-state index contributed by atoms with van der Waals surface area (Å²) in [5, 5.41) is 3.75. The summed E-state index contributed by atoms with van der Waals surface area (Å²) < 4.78 is 5.87. The molecule has 2 aliphatic heterocycles. The molecule has 0 bridgehead atoms. The average Bonchev–Trinajstić information content (AvgIpc) is 2.70. The van der Waals surface area contributed by atoms with Crippen LogP contribution in [0.1, 0.15) is 53.9 Å². The lowest BCUT2D eigenvalue weighted by atomic mass is 9.87. The SMILES string of the molecule is CCC1CNC(CC(C)C)CN1C1(C)CCOC1C. The van der Waals surface area contributed by atoms with Gasteiger partial charge in [0.15, 0.2) is 0 Å². The average molecular weight is 268 g/mol. The van der Waals surface area contributed by atoms with Crippen molar-refractivity contribution in [3.05, 3.63) is 0 Å². The van der Waals surface area contributed by atoms with Crippen molar-refractivity contribution in [3.8, 4) is 0 Å². The second-order valence-corrected chi connectivity index (χ2v) is 7.07. The molecule has 2 rings (SSSR count). The maximum Gasteiger partial charge on any atom is 0.0728 e. The minimum Gasteiger partial charge on any atom is -0.377 e. The Labute approximate surface area is 119 Å². The molecular formula is C16H32N2O. The van der Waals surface area contributed by atoms with E-state index in [1.54, 1.807) is 0 Å². The van der Waals surface area contributed by atoms with E-state index in [2.05, 4.69) is 44.8 Å². The van der Waals surface area contributed by atoms with Crippen LogP contribution in [0.25, 0.3) is 0 Å². The van der Waals surface area contributed by atoms with Gasteiger partial charge in [-0.1, -0.05) is 20.8 Å². The summed E-state index contributed by atoms with van der Waals surface area (Å²) in [6, 6.07) is 1.31. The molecule has 4 atom stereocenters. The van der Waals surface area contributed by atoms with Crippen LogP contribution >= 0.6 is 0 Å². The van der Waals surface area contributed by atoms with E-state index in [4.69, 9.17) is 4.74 Å². The lowest BCUT2D eigenvalue weighted by molar-refractivity contribution is -0.0275. The van der Waals surface area contributed by atoms with Crippen molar-refractivity contribution in [2.45, 2.75) is 77.6 Å². The van der Waals surface area contributed by atoms with Crippen LogP contribution in [-0.4, -0.2) is 48.3 Å². The van der Waals surface area contributed by atoms with Gasteiger partial charge in [-0.3, -0.25) is 4.90 Å². The lowest BCUT2D eigenvalue weighted by Gasteiger charge is -2.50. The summed E-state index contributed by atoms with van der Waals surface area (Å²) in [5.74, 6) is 0.766. The van der Waals surface area contributed by atoms with Crippen molar-refractivity contribution in [2.24, 2.45) is 5.92 Å². The molecule has 0 aromatic rings. The van der Waals surface area contributed by atoms with Crippen molar-refractivity contribution in [1.82, 2.24) is 10.2 Å². The normalized spacial score (nSPS) is 41.1. The smallest absolute Gasteiger partial charge is 0.0728 e. The standard InChI is InChI=1S/C16H32N2O/c1-6-15-10-17-14(9-12(2)3)11-18(15)16(5)7-8-19-13(16)4/h12-15,17H,6-11H2,1-5H3. The molecule has 0 aliphatic carbocycles. The van der Waals surface area contributed by atoms with E-state index in [1.165, 1.54) is 25.8 Å². The molecule has 2 fully saturated rings. The summed E-state index contributed by atoms with van der Waals surface area (Å²) in [5.41, 5.74) is 0.234. The van der Waals surface area contributed by atoms with E-state index < -0.39 is 0 Å². The summed E-state index contributed by atoms with van der Waals surface area (Å²) >= 11 is 0. The third-order valence-corrected chi connectivity index (χ3v) is 5.24. The van der Waals surface area contributed by atoms with Crippen LogP contribution in [0.15, 0.2) is 0 Å². The maximum absolute atomic E-state index is 5.87. The zero-order chi connectivity index (χ0) is 14.0. The van der Waals surface area contributed by atoms with Crippen molar-refractivity contribution in [1.29, 1.82) is 0 Å². The van der Waals surface area contributed by atoms with Crippen LogP contribution in [-0.2, 0) is 4.74 Å². The highest BCUT2D eigenvalue weighted by atomic mass is 16.5. The van der Waals surface area contributed by atoms with Gasteiger partial charge in [0, 0.05) is 37.3 Å². The number of nitrogens with zero attached hydrogens (tertiary/aromatic N) is 1. The van der Waals surface area contributed by atoms with Gasteiger partial charge in [0.25, 0.3) is 0 Å². The second-order valence-electron chi connectivity index (χ2n) is 7.07. The van der Waals surface area contributed by atoms with E-state index in [9.17, 15) is 0 Å². The molecule has 0 aromatic heterocycles. The van der Waals surface area contributed by atoms with Crippen LogP contribution in [0.4, 0.5) is 0 Å². The van der Waals surface area contributed by atoms with Gasteiger partial charge >= 0.3 is 0 Å². The highest BCUT2D eigenvalue weighted by Gasteiger charge is 2.46. The van der Waals surface area contributed by atoms with Gasteiger partial charge in [-0.15, -0.1) is 0 Å². The van der Waals surface area contributed by atoms with Crippen LogP contribution in [0, 0.1) is 5.92 Å². The molecule has 3 nitrogen and oxygen atoms in total.